The van der Waals surface area contributed by atoms with Crippen LogP contribution in [0.15, 0.2) is 18.3 Å². The van der Waals surface area contributed by atoms with Gasteiger partial charge in [0, 0.05) is 12.2 Å². The van der Waals surface area contributed by atoms with Crippen molar-refractivity contribution in [1.29, 1.82) is 5.41 Å². The van der Waals surface area contributed by atoms with Crippen molar-refractivity contribution in [3.63, 3.8) is 0 Å². The molecule has 0 saturated heterocycles. The third kappa shape index (κ3) is 2.43. The summed E-state index contributed by atoms with van der Waals surface area (Å²) in [5.41, 5.74) is 6.69. The second-order valence-electron chi connectivity index (χ2n) is 3.11. The Hall–Kier alpha value is -1.58. The van der Waals surface area contributed by atoms with Crippen LogP contribution < -0.4 is 11.1 Å². The summed E-state index contributed by atoms with van der Waals surface area (Å²) in [5, 5.41) is 10.5. The van der Waals surface area contributed by atoms with Gasteiger partial charge in [-0.15, -0.1) is 0 Å². The van der Waals surface area contributed by atoms with Crippen molar-refractivity contribution >= 4 is 11.5 Å². The zero-order valence-electron chi connectivity index (χ0n) is 7.83. The molecule has 0 saturated carbocycles. The number of nitrogens with one attached hydrogen (secondary N) is 2. The smallest absolute Gasteiger partial charge is 0.143 e. The molecule has 0 aliphatic rings. The monoisotopic (exact) mass is 178 g/mol. The van der Waals surface area contributed by atoms with Gasteiger partial charge in [-0.25, -0.2) is 0 Å². The second-order valence-corrected chi connectivity index (χ2v) is 3.11. The lowest BCUT2D eigenvalue weighted by Gasteiger charge is -2.12. The molecule has 13 heavy (non-hydrogen) atoms. The van der Waals surface area contributed by atoms with Crippen LogP contribution in [0.3, 0.4) is 0 Å². The van der Waals surface area contributed by atoms with Crippen LogP contribution in [0.5, 0.6) is 0 Å². The number of anilines is 1. The molecule has 0 atom stereocenters. The Balaban J connectivity index is 2.98. The highest BCUT2D eigenvalue weighted by Gasteiger charge is 2.05. The van der Waals surface area contributed by atoms with Crippen LogP contribution in [-0.2, 0) is 0 Å². The summed E-state index contributed by atoms with van der Waals surface area (Å²) in [6.07, 6.45) is 1.63. The maximum Gasteiger partial charge on any atom is 0.143 e. The molecule has 1 aromatic heterocycles. The molecule has 1 aromatic rings. The fraction of sp³-hybridized carbons (Fsp3) is 0.333. The van der Waals surface area contributed by atoms with E-state index in [2.05, 4.69) is 10.3 Å². The van der Waals surface area contributed by atoms with E-state index in [1.807, 2.05) is 26.0 Å². The Morgan fingerprint density at radius 2 is 2.31 bits per heavy atom. The van der Waals surface area contributed by atoms with Crippen molar-refractivity contribution < 1.29 is 0 Å². The minimum atomic E-state index is -0.0104. The maximum atomic E-state index is 7.30. The van der Waals surface area contributed by atoms with Crippen molar-refractivity contribution in [2.45, 2.75) is 19.9 Å². The highest BCUT2D eigenvalue weighted by Crippen LogP contribution is 2.12. The summed E-state index contributed by atoms with van der Waals surface area (Å²) in [6, 6.07) is 3.99. The molecule has 70 valence electrons. The molecule has 0 bridgehead atoms. The summed E-state index contributed by atoms with van der Waals surface area (Å²) < 4.78 is 0. The zero-order chi connectivity index (χ0) is 9.84. The number of rotatable bonds is 3. The Morgan fingerprint density at radius 3 is 2.85 bits per heavy atom. The van der Waals surface area contributed by atoms with E-state index in [1.165, 1.54) is 0 Å². The molecule has 0 amide bonds. The van der Waals surface area contributed by atoms with Crippen LogP contribution >= 0.6 is 0 Å². The molecular weight excluding hydrogens is 164 g/mol. The first kappa shape index (κ1) is 9.51. The molecule has 0 unspecified atom stereocenters. The predicted molar refractivity (Wildman–Crippen MR) is 54.0 cm³/mol. The first-order valence-electron chi connectivity index (χ1n) is 4.17. The molecular formula is C9H14N4. The van der Waals surface area contributed by atoms with Crippen molar-refractivity contribution in [2.75, 3.05) is 5.32 Å². The normalized spacial score (nSPS) is 10.1. The van der Waals surface area contributed by atoms with Gasteiger partial charge in [0.1, 0.15) is 11.5 Å². The number of hydrogen-bond acceptors (Lipinski definition) is 3. The summed E-state index contributed by atoms with van der Waals surface area (Å²) in [7, 11) is 0. The van der Waals surface area contributed by atoms with Crippen molar-refractivity contribution in [1.82, 2.24) is 4.98 Å². The lowest BCUT2D eigenvalue weighted by molar-refractivity contribution is 0.896. The van der Waals surface area contributed by atoms with Crippen LogP contribution in [0.1, 0.15) is 19.5 Å². The first-order chi connectivity index (χ1) is 6.11. The van der Waals surface area contributed by atoms with E-state index < -0.39 is 0 Å². The fourth-order valence-electron chi connectivity index (χ4n) is 1.05. The van der Waals surface area contributed by atoms with E-state index in [0.29, 0.717) is 11.7 Å². The van der Waals surface area contributed by atoms with Gasteiger partial charge in [0.15, 0.2) is 0 Å². The van der Waals surface area contributed by atoms with Gasteiger partial charge in [0.2, 0.25) is 0 Å². The summed E-state index contributed by atoms with van der Waals surface area (Å²) in [4.78, 5) is 4.02. The Morgan fingerprint density at radius 1 is 1.62 bits per heavy atom. The SMILES string of the molecule is CC(C)Nc1cccnc1C(=N)N. The zero-order valence-corrected chi connectivity index (χ0v) is 7.83. The van der Waals surface area contributed by atoms with Gasteiger partial charge in [-0.05, 0) is 26.0 Å². The molecule has 0 spiro atoms. The molecule has 4 nitrogen and oxygen atoms in total. The van der Waals surface area contributed by atoms with Crippen molar-refractivity contribution in [2.24, 2.45) is 5.73 Å². The number of aromatic nitrogens is 1. The van der Waals surface area contributed by atoms with Gasteiger partial charge in [0.05, 0.1) is 5.69 Å². The average Bonchev–Trinajstić information content (AvgIpc) is 2.03. The predicted octanol–water partition coefficient (Wildman–Crippen LogP) is 1.19. The summed E-state index contributed by atoms with van der Waals surface area (Å²) in [5.74, 6) is -0.0104. The fourth-order valence-corrected chi connectivity index (χ4v) is 1.05. The average molecular weight is 178 g/mol. The number of nitrogens with two attached hydrogens (primary N) is 1. The molecule has 0 aromatic carbocycles. The van der Waals surface area contributed by atoms with Crippen LogP contribution in [0.25, 0.3) is 0 Å². The van der Waals surface area contributed by atoms with Crippen LogP contribution in [-0.4, -0.2) is 16.9 Å². The van der Waals surface area contributed by atoms with Gasteiger partial charge in [-0.2, -0.15) is 0 Å². The Bertz CT molecular complexity index is 306. The number of hydrogen-bond donors (Lipinski definition) is 3. The number of pyridine rings is 1. The lowest BCUT2D eigenvalue weighted by Crippen LogP contribution is -2.19. The van der Waals surface area contributed by atoms with Crippen LogP contribution in [0.2, 0.25) is 0 Å². The minimum absolute atomic E-state index is 0.0104. The molecule has 4 heteroatoms. The molecule has 0 fully saturated rings. The summed E-state index contributed by atoms with van der Waals surface area (Å²) in [6.45, 7) is 4.05. The van der Waals surface area contributed by atoms with E-state index in [0.717, 1.165) is 5.69 Å². The number of nitrogen functional groups attached to an aromatic ring is 1. The van der Waals surface area contributed by atoms with Crippen molar-refractivity contribution in [3.8, 4) is 0 Å². The minimum Gasteiger partial charge on any atom is -0.382 e. The van der Waals surface area contributed by atoms with E-state index in [4.69, 9.17) is 11.1 Å². The number of nitrogens with zero attached hydrogens (tertiary/aromatic N) is 1. The molecule has 1 heterocycles. The van der Waals surface area contributed by atoms with Gasteiger partial charge in [-0.3, -0.25) is 10.4 Å². The van der Waals surface area contributed by atoms with Crippen molar-refractivity contribution in [3.05, 3.63) is 24.0 Å². The van der Waals surface area contributed by atoms with E-state index >= 15 is 0 Å². The van der Waals surface area contributed by atoms with Crippen LogP contribution in [0, 0.1) is 5.41 Å². The summed E-state index contributed by atoms with van der Waals surface area (Å²) >= 11 is 0. The van der Waals surface area contributed by atoms with Crippen LogP contribution in [0.4, 0.5) is 5.69 Å². The number of amidine groups is 1. The van der Waals surface area contributed by atoms with E-state index in [-0.39, 0.29) is 5.84 Å². The maximum absolute atomic E-state index is 7.30. The molecule has 4 N–H and O–H groups in total. The molecule has 0 radical (unpaired) electrons. The van der Waals surface area contributed by atoms with E-state index in [9.17, 15) is 0 Å². The largest absolute Gasteiger partial charge is 0.382 e. The third-order valence-corrected chi connectivity index (χ3v) is 1.51. The topological polar surface area (TPSA) is 74.8 Å². The van der Waals surface area contributed by atoms with Gasteiger partial charge >= 0.3 is 0 Å². The second kappa shape index (κ2) is 3.89. The molecule has 1 rings (SSSR count). The van der Waals surface area contributed by atoms with Gasteiger partial charge < -0.3 is 11.1 Å². The van der Waals surface area contributed by atoms with Gasteiger partial charge in [-0.1, -0.05) is 0 Å². The van der Waals surface area contributed by atoms with Gasteiger partial charge in [0.25, 0.3) is 0 Å². The third-order valence-electron chi connectivity index (χ3n) is 1.51. The standard InChI is InChI=1S/C9H14N4/c1-6(2)13-7-4-3-5-12-8(7)9(10)11/h3-6,13H,1-2H3,(H3,10,11). The quantitative estimate of drug-likeness (QED) is 0.480. The molecule has 0 aliphatic carbocycles. The highest BCUT2D eigenvalue weighted by molar-refractivity contribution is 5.98. The Kier molecular flexibility index (Phi) is 2.84. The highest BCUT2D eigenvalue weighted by atomic mass is 14.9. The molecule has 0 aliphatic heterocycles. The Labute approximate surface area is 77.7 Å². The first-order valence-corrected chi connectivity index (χ1v) is 4.17. The van der Waals surface area contributed by atoms with E-state index in [1.54, 1.807) is 6.20 Å². The lowest BCUT2D eigenvalue weighted by atomic mass is 10.2.